The van der Waals surface area contributed by atoms with Crippen molar-refractivity contribution in [2.75, 3.05) is 5.75 Å². The summed E-state index contributed by atoms with van der Waals surface area (Å²) in [7, 11) is -3.50. The molecule has 2 rings (SSSR count). The molecule has 1 aromatic carbocycles. The van der Waals surface area contributed by atoms with Crippen LogP contribution in [0.5, 0.6) is 0 Å². The van der Waals surface area contributed by atoms with E-state index in [0.717, 1.165) is 30.6 Å². The number of rotatable bonds is 6. The highest BCUT2D eigenvalue weighted by Crippen LogP contribution is 2.30. The first-order chi connectivity index (χ1) is 9.96. The van der Waals surface area contributed by atoms with Crippen molar-refractivity contribution in [1.82, 2.24) is 4.72 Å². The molecule has 1 saturated carbocycles. The van der Waals surface area contributed by atoms with Crippen molar-refractivity contribution in [3.8, 4) is 0 Å². The maximum absolute atomic E-state index is 12.4. The van der Waals surface area contributed by atoms with Gasteiger partial charge in [0.05, 0.1) is 11.5 Å². The highest BCUT2D eigenvalue weighted by Gasteiger charge is 2.28. The second-order valence-corrected chi connectivity index (χ2v) is 8.75. The quantitative estimate of drug-likeness (QED) is 0.841. The van der Waals surface area contributed by atoms with Gasteiger partial charge in [-0.15, -0.1) is 0 Å². The lowest BCUT2D eigenvalue weighted by molar-refractivity contribution is 0.280. The standard InChI is InChI=1S/C15H23NO3S2/c1-3-20-14-6-5-13(9-14)16-21(18,19)15-7-4-11(2)12(8-15)10-17/h4,7-8,13-14,16-17H,3,5-6,9-10H2,1-2H3. The summed E-state index contributed by atoms with van der Waals surface area (Å²) in [5.41, 5.74) is 1.56. The fourth-order valence-electron chi connectivity index (χ4n) is 2.71. The fourth-order valence-corrected chi connectivity index (χ4v) is 5.18. The van der Waals surface area contributed by atoms with E-state index in [4.69, 9.17) is 0 Å². The second kappa shape index (κ2) is 7.13. The lowest BCUT2D eigenvalue weighted by atomic mass is 10.1. The summed E-state index contributed by atoms with van der Waals surface area (Å²) in [6.45, 7) is 3.84. The van der Waals surface area contributed by atoms with E-state index >= 15 is 0 Å². The van der Waals surface area contributed by atoms with Crippen molar-refractivity contribution >= 4 is 21.8 Å². The third-order valence-electron chi connectivity index (χ3n) is 3.91. The minimum Gasteiger partial charge on any atom is -0.392 e. The zero-order chi connectivity index (χ0) is 15.5. The molecule has 1 fully saturated rings. The summed E-state index contributed by atoms with van der Waals surface area (Å²) in [4.78, 5) is 0.240. The van der Waals surface area contributed by atoms with Crippen LogP contribution >= 0.6 is 11.8 Å². The Morgan fingerprint density at radius 3 is 2.81 bits per heavy atom. The highest BCUT2D eigenvalue weighted by molar-refractivity contribution is 7.99. The normalized spacial score (nSPS) is 22.6. The van der Waals surface area contributed by atoms with E-state index in [1.807, 2.05) is 18.7 Å². The van der Waals surface area contributed by atoms with Crippen molar-refractivity contribution in [3.63, 3.8) is 0 Å². The SMILES string of the molecule is CCSC1CCC(NS(=O)(=O)c2ccc(C)c(CO)c2)C1. The van der Waals surface area contributed by atoms with Gasteiger partial charge in [0, 0.05) is 11.3 Å². The predicted octanol–water partition coefficient (Wildman–Crippen LogP) is 2.44. The molecular formula is C15H23NO3S2. The van der Waals surface area contributed by atoms with Gasteiger partial charge in [-0.1, -0.05) is 13.0 Å². The lowest BCUT2D eigenvalue weighted by Crippen LogP contribution is -2.33. The zero-order valence-electron chi connectivity index (χ0n) is 12.5. The van der Waals surface area contributed by atoms with Crippen molar-refractivity contribution in [2.45, 2.75) is 55.9 Å². The van der Waals surface area contributed by atoms with E-state index < -0.39 is 10.0 Å². The van der Waals surface area contributed by atoms with Gasteiger partial charge in [0.25, 0.3) is 0 Å². The monoisotopic (exact) mass is 329 g/mol. The lowest BCUT2D eigenvalue weighted by Gasteiger charge is -2.14. The number of thioether (sulfide) groups is 1. The van der Waals surface area contributed by atoms with Gasteiger partial charge in [-0.2, -0.15) is 11.8 Å². The van der Waals surface area contributed by atoms with E-state index in [1.165, 1.54) is 0 Å². The van der Waals surface area contributed by atoms with E-state index in [9.17, 15) is 13.5 Å². The molecule has 21 heavy (non-hydrogen) atoms. The summed E-state index contributed by atoms with van der Waals surface area (Å²) < 4.78 is 27.7. The Kier molecular flexibility index (Phi) is 5.71. The fraction of sp³-hybridized carbons (Fsp3) is 0.600. The Labute approximate surface area is 131 Å². The minimum atomic E-state index is -3.50. The third-order valence-corrected chi connectivity index (χ3v) is 6.66. The van der Waals surface area contributed by atoms with E-state index in [-0.39, 0.29) is 17.5 Å². The molecule has 1 aliphatic carbocycles. The molecule has 1 aromatic rings. The van der Waals surface area contributed by atoms with Crippen molar-refractivity contribution in [1.29, 1.82) is 0 Å². The zero-order valence-corrected chi connectivity index (χ0v) is 14.1. The summed E-state index contributed by atoms with van der Waals surface area (Å²) >= 11 is 1.90. The largest absolute Gasteiger partial charge is 0.392 e. The molecule has 0 aliphatic heterocycles. The van der Waals surface area contributed by atoms with Gasteiger partial charge in [0.2, 0.25) is 10.0 Å². The maximum atomic E-state index is 12.4. The Hall–Kier alpha value is -0.560. The molecule has 0 aromatic heterocycles. The number of hydrogen-bond donors (Lipinski definition) is 2. The first kappa shape index (κ1) is 16.8. The Morgan fingerprint density at radius 1 is 1.38 bits per heavy atom. The van der Waals surface area contributed by atoms with Crippen LogP contribution in [0.4, 0.5) is 0 Å². The average molecular weight is 329 g/mol. The van der Waals surface area contributed by atoms with Gasteiger partial charge in [-0.3, -0.25) is 0 Å². The average Bonchev–Trinajstić information content (AvgIpc) is 2.86. The van der Waals surface area contributed by atoms with Crippen molar-refractivity contribution < 1.29 is 13.5 Å². The van der Waals surface area contributed by atoms with Gasteiger partial charge in [0.1, 0.15) is 0 Å². The molecule has 1 aliphatic rings. The van der Waals surface area contributed by atoms with Crippen LogP contribution in [0.2, 0.25) is 0 Å². The summed E-state index contributed by atoms with van der Waals surface area (Å²) in [6.07, 6.45) is 2.87. The molecule has 2 unspecified atom stereocenters. The van der Waals surface area contributed by atoms with Gasteiger partial charge in [0.15, 0.2) is 0 Å². The number of aryl methyl sites for hydroxylation is 1. The third kappa shape index (κ3) is 4.22. The molecular weight excluding hydrogens is 306 g/mol. The predicted molar refractivity (Wildman–Crippen MR) is 87.0 cm³/mol. The molecule has 4 nitrogen and oxygen atoms in total. The van der Waals surface area contributed by atoms with Gasteiger partial charge in [-0.25, -0.2) is 13.1 Å². The Bertz CT molecular complexity index is 587. The van der Waals surface area contributed by atoms with Crippen LogP contribution in [-0.2, 0) is 16.6 Å². The van der Waals surface area contributed by atoms with Gasteiger partial charge >= 0.3 is 0 Å². The molecule has 0 spiro atoms. The van der Waals surface area contributed by atoms with E-state index in [2.05, 4.69) is 11.6 Å². The summed E-state index contributed by atoms with van der Waals surface area (Å²) in [5, 5.41) is 9.83. The highest BCUT2D eigenvalue weighted by atomic mass is 32.2. The molecule has 118 valence electrons. The summed E-state index contributed by atoms with van der Waals surface area (Å²) in [6, 6.07) is 4.93. The van der Waals surface area contributed by atoms with Crippen LogP contribution < -0.4 is 4.72 Å². The van der Waals surface area contributed by atoms with Crippen LogP contribution in [0.3, 0.4) is 0 Å². The van der Waals surface area contributed by atoms with Gasteiger partial charge < -0.3 is 5.11 Å². The molecule has 2 atom stereocenters. The number of aliphatic hydroxyl groups is 1. The Morgan fingerprint density at radius 2 is 2.14 bits per heavy atom. The number of hydrogen-bond acceptors (Lipinski definition) is 4. The van der Waals surface area contributed by atoms with Crippen LogP contribution in [0.25, 0.3) is 0 Å². The smallest absolute Gasteiger partial charge is 0.240 e. The number of benzene rings is 1. The molecule has 0 radical (unpaired) electrons. The summed E-state index contributed by atoms with van der Waals surface area (Å²) in [5.74, 6) is 1.07. The van der Waals surface area contributed by atoms with Crippen LogP contribution in [0, 0.1) is 6.92 Å². The molecule has 0 bridgehead atoms. The molecule has 0 amide bonds. The maximum Gasteiger partial charge on any atom is 0.240 e. The minimum absolute atomic E-state index is 0.0259. The number of sulfonamides is 1. The second-order valence-electron chi connectivity index (χ2n) is 5.46. The molecule has 0 heterocycles. The van der Waals surface area contributed by atoms with Crippen LogP contribution in [-0.4, -0.2) is 30.6 Å². The van der Waals surface area contributed by atoms with Crippen molar-refractivity contribution in [2.24, 2.45) is 0 Å². The van der Waals surface area contributed by atoms with E-state index in [1.54, 1.807) is 18.2 Å². The Balaban J connectivity index is 2.09. The molecule has 6 heteroatoms. The van der Waals surface area contributed by atoms with Crippen LogP contribution in [0.1, 0.15) is 37.3 Å². The molecule has 0 saturated heterocycles. The van der Waals surface area contributed by atoms with Crippen LogP contribution in [0.15, 0.2) is 23.1 Å². The number of aliphatic hydroxyl groups excluding tert-OH is 1. The van der Waals surface area contributed by atoms with E-state index in [0.29, 0.717) is 10.8 Å². The van der Waals surface area contributed by atoms with Crippen molar-refractivity contribution in [3.05, 3.63) is 29.3 Å². The molecule has 2 N–H and O–H groups in total. The topological polar surface area (TPSA) is 66.4 Å². The first-order valence-corrected chi connectivity index (χ1v) is 9.83. The number of nitrogens with one attached hydrogen (secondary N) is 1. The van der Waals surface area contributed by atoms with Gasteiger partial charge in [-0.05, 0) is 55.2 Å². The first-order valence-electron chi connectivity index (χ1n) is 7.30.